The molecule has 2 aromatic carbocycles. The van der Waals surface area contributed by atoms with Crippen molar-refractivity contribution in [1.29, 1.82) is 0 Å². The smallest absolute Gasteiger partial charge is 0.163 e. The van der Waals surface area contributed by atoms with Crippen LogP contribution in [0.3, 0.4) is 0 Å². The molecule has 1 N–H and O–H groups in total. The predicted molar refractivity (Wildman–Crippen MR) is 172 cm³/mol. The van der Waals surface area contributed by atoms with E-state index in [1.807, 2.05) is 12.2 Å². The molecule has 0 amide bonds. The van der Waals surface area contributed by atoms with Gasteiger partial charge in [-0.05, 0) is 37.3 Å². The fourth-order valence-electron chi connectivity index (χ4n) is 6.99. The molecule has 8 rings (SSSR count). The Hall–Kier alpha value is -5.04. The van der Waals surface area contributed by atoms with Gasteiger partial charge in [-0.2, -0.15) is 0 Å². The lowest BCUT2D eigenvalue weighted by Crippen LogP contribution is -2.46. The van der Waals surface area contributed by atoms with Crippen molar-refractivity contribution >= 4 is 41.8 Å². The van der Waals surface area contributed by atoms with E-state index in [2.05, 4.69) is 114 Å². The van der Waals surface area contributed by atoms with E-state index in [0.29, 0.717) is 13.1 Å². The van der Waals surface area contributed by atoms with Crippen molar-refractivity contribution in [2.75, 3.05) is 5.32 Å². The van der Waals surface area contributed by atoms with Gasteiger partial charge in [0, 0.05) is 40.8 Å². The lowest BCUT2D eigenvalue weighted by molar-refractivity contribution is 0.349. The van der Waals surface area contributed by atoms with Gasteiger partial charge in [-0.15, -0.1) is 0 Å². The topological polar surface area (TPSA) is 69.6 Å². The van der Waals surface area contributed by atoms with Gasteiger partial charge in [-0.1, -0.05) is 85.5 Å². The Morgan fingerprint density at radius 1 is 1.10 bits per heavy atom. The van der Waals surface area contributed by atoms with Gasteiger partial charge in [0.05, 0.1) is 12.4 Å². The third kappa shape index (κ3) is 3.27. The number of nitrogens with zero attached hydrogens (tertiary/aromatic N) is 6. The highest BCUT2D eigenvalue weighted by Crippen LogP contribution is 2.50. The van der Waals surface area contributed by atoms with Crippen molar-refractivity contribution in [2.24, 2.45) is 20.0 Å². The van der Waals surface area contributed by atoms with E-state index in [1.165, 1.54) is 16.7 Å². The van der Waals surface area contributed by atoms with Gasteiger partial charge >= 0.3 is 0 Å². The van der Waals surface area contributed by atoms with E-state index in [0.717, 1.165) is 63.4 Å². The van der Waals surface area contributed by atoms with Gasteiger partial charge in [-0.3, -0.25) is 9.56 Å². The first kappa shape index (κ1) is 24.7. The van der Waals surface area contributed by atoms with Crippen LogP contribution in [-0.2, 0) is 18.8 Å². The zero-order chi connectivity index (χ0) is 28.6. The second-order valence-corrected chi connectivity index (χ2v) is 11.4. The van der Waals surface area contributed by atoms with Crippen molar-refractivity contribution in [3.8, 4) is 0 Å². The summed E-state index contributed by atoms with van der Waals surface area (Å²) in [5.41, 5.74) is 9.49. The molecule has 0 spiro atoms. The standard InChI is InChI=1S/C35H31N7/c1-5-6-13-25-22(3)32-37-29-27-15-9-10-17-28(27)35(29)18-11-16-24-21(2)30(36-4)38-31(24)39-33(25)42(32)20-41-19-23-12-7-8-14-26(23)34(41)40-35/h5-17,30H,1,4,18-20H2,2-3H3,(H,38,39)/b13-6-,16-11-,37-29-,40-34?. The third-order valence-corrected chi connectivity index (χ3v) is 9.11. The van der Waals surface area contributed by atoms with E-state index in [-0.39, 0.29) is 6.17 Å². The van der Waals surface area contributed by atoms with Crippen LogP contribution in [0.25, 0.3) is 6.08 Å². The number of nitrogens with one attached hydrogen (secondary N) is 1. The summed E-state index contributed by atoms with van der Waals surface area (Å²) in [5.74, 6) is 3.66. The van der Waals surface area contributed by atoms with Crippen LogP contribution in [0.4, 0.5) is 11.6 Å². The van der Waals surface area contributed by atoms with E-state index in [4.69, 9.17) is 15.0 Å². The monoisotopic (exact) mass is 549 g/mol. The van der Waals surface area contributed by atoms with Crippen LogP contribution in [0, 0.1) is 6.92 Å². The summed E-state index contributed by atoms with van der Waals surface area (Å²) in [6.45, 7) is 13.4. The van der Waals surface area contributed by atoms with Crippen LogP contribution in [-0.4, -0.2) is 39.7 Å². The lowest BCUT2D eigenvalue weighted by Gasteiger charge is -2.42. The number of rotatable bonds is 3. The van der Waals surface area contributed by atoms with Crippen LogP contribution >= 0.6 is 0 Å². The molecular weight excluding hydrogens is 518 g/mol. The maximum Gasteiger partial charge on any atom is 0.163 e. The minimum atomic E-state index is -0.617. The second-order valence-electron chi connectivity index (χ2n) is 11.4. The lowest BCUT2D eigenvalue weighted by atomic mass is 9.67. The highest BCUT2D eigenvalue weighted by molar-refractivity contribution is 6.20. The summed E-state index contributed by atoms with van der Waals surface area (Å²) in [4.78, 5) is 22.8. The molecule has 5 aliphatic rings. The van der Waals surface area contributed by atoms with E-state index >= 15 is 0 Å². The van der Waals surface area contributed by atoms with Crippen LogP contribution in [0.1, 0.15) is 46.7 Å². The normalized spacial score (nSPS) is 25.0. The summed E-state index contributed by atoms with van der Waals surface area (Å²) < 4.78 is 2.29. The highest BCUT2D eigenvalue weighted by Gasteiger charge is 2.50. The minimum Gasteiger partial charge on any atom is -0.334 e. The molecule has 5 heterocycles. The van der Waals surface area contributed by atoms with Crippen LogP contribution < -0.4 is 5.32 Å². The molecule has 0 saturated carbocycles. The Bertz CT molecular complexity index is 1910. The summed E-state index contributed by atoms with van der Waals surface area (Å²) in [6.07, 6.45) is 10.7. The predicted octanol–water partition coefficient (Wildman–Crippen LogP) is 6.69. The van der Waals surface area contributed by atoms with Gasteiger partial charge in [0.1, 0.15) is 28.8 Å². The van der Waals surface area contributed by atoms with Crippen molar-refractivity contribution in [3.05, 3.63) is 124 Å². The maximum absolute atomic E-state index is 5.69. The summed E-state index contributed by atoms with van der Waals surface area (Å²) in [5, 5.41) is 3.74. The maximum atomic E-state index is 5.69. The number of aromatic nitrogens is 1. The molecule has 42 heavy (non-hydrogen) atoms. The third-order valence-electron chi connectivity index (χ3n) is 9.11. The van der Waals surface area contributed by atoms with Crippen LogP contribution in [0.5, 0.6) is 0 Å². The van der Waals surface area contributed by atoms with Gasteiger partial charge in [-0.25, -0.2) is 15.0 Å². The van der Waals surface area contributed by atoms with Crippen LogP contribution in [0.15, 0.2) is 111 Å². The quantitative estimate of drug-likeness (QED) is 0.292. The summed E-state index contributed by atoms with van der Waals surface area (Å²) >= 11 is 0. The molecule has 0 fully saturated rings. The van der Waals surface area contributed by atoms with Crippen molar-refractivity contribution in [3.63, 3.8) is 0 Å². The number of amidine groups is 2. The van der Waals surface area contributed by atoms with Gasteiger partial charge < -0.3 is 10.2 Å². The first-order valence-corrected chi connectivity index (χ1v) is 14.4. The molecule has 0 radical (unpaired) electrons. The zero-order valence-electron chi connectivity index (χ0n) is 23.8. The second kappa shape index (κ2) is 8.98. The molecule has 7 heteroatoms. The molecule has 0 saturated heterocycles. The number of hydrogen-bond donors (Lipinski definition) is 1. The summed E-state index contributed by atoms with van der Waals surface area (Å²) in [7, 11) is 0. The molecule has 4 aliphatic heterocycles. The molecule has 3 aromatic rings. The van der Waals surface area contributed by atoms with Crippen molar-refractivity contribution in [2.45, 2.75) is 45.2 Å². The first-order valence-electron chi connectivity index (χ1n) is 14.4. The van der Waals surface area contributed by atoms with Gasteiger partial charge in [0.15, 0.2) is 6.17 Å². The fraction of sp³-hybridized carbons (Fsp3) is 0.200. The fourth-order valence-corrected chi connectivity index (χ4v) is 6.99. The summed E-state index contributed by atoms with van der Waals surface area (Å²) in [6, 6.07) is 17.2. The number of allylic oxidation sites excluding steroid dienone is 2. The van der Waals surface area contributed by atoms with Crippen LogP contribution in [0.2, 0.25) is 0 Å². The van der Waals surface area contributed by atoms with Gasteiger partial charge in [0.2, 0.25) is 0 Å². The van der Waals surface area contributed by atoms with Crippen molar-refractivity contribution in [1.82, 2.24) is 9.47 Å². The Labute approximate surface area is 245 Å². The molecular formula is C35H31N7. The Balaban J connectivity index is 1.49. The zero-order valence-corrected chi connectivity index (χ0v) is 23.8. The molecule has 2 atom stereocenters. The number of aliphatic imine (C=N–C) groups is 4. The van der Waals surface area contributed by atoms with Gasteiger partial charge in [0.25, 0.3) is 0 Å². The SMILES string of the molecule is C=C/C=C\c1c(C)c2n3c1NC1=NC(N=C)C(C)=C1/C=C\CC1(N=C4c5ccccc5CN4C3)/C(=N\2)c2ccccc21. The number of benzene rings is 2. The number of fused-ring (bicyclic) bond motifs is 5. The average molecular weight is 550 g/mol. The Morgan fingerprint density at radius 3 is 2.74 bits per heavy atom. The number of anilines is 1. The average Bonchev–Trinajstić information content (AvgIpc) is 3.59. The van der Waals surface area contributed by atoms with Crippen molar-refractivity contribution < 1.29 is 0 Å². The van der Waals surface area contributed by atoms with E-state index < -0.39 is 5.54 Å². The highest BCUT2D eigenvalue weighted by atomic mass is 15.4. The van der Waals surface area contributed by atoms with E-state index in [9.17, 15) is 0 Å². The molecule has 2 unspecified atom stereocenters. The largest absolute Gasteiger partial charge is 0.334 e. The molecule has 4 bridgehead atoms. The number of hydrogen-bond acceptors (Lipinski definition) is 6. The first-order chi connectivity index (χ1) is 20.5. The molecule has 7 nitrogen and oxygen atoms in total. The Kier molecular flexibility index (Phi) is 5.29. The van der Waals surface area contributed by atoms with E-state index in [1.54, 1.807) is 0 Å². The Morgan fingerprint density at radius 2 is 1.90 bits per heavy atom. The molecule has 206 valence electrons. The molecule has 1 aliphatic carbocycles. The molecule has 1 aromatic heterocycles. The minimum absolute atomic E-state index is 0.316.